The molecule has 0 bridgehead atoms. The molecule has 1 fully saturated rings. The van der Waals surface area contributed by atoms with E-state index in [0.717, 1.165) is 12.8 Å². The van der Waals surface area contributed by atoms with Gasteiger partial charge in [0.2, 0.25) is 11.8 Å². The van der Waals surface area contributed by atoms with Crippen molar-refractivity contribution in [2.45, 2.75) is 65.1 Å². The molecule has 5 heteroatoms. The van der Waals surface area contributed by atoms with Gasteiger partial charge in [0.1, 0.15) is 6.04 Å². The maximum atomic E-state index is 12.8. The minimum Gasteiger partial charge on any atom is -0.385 e. The van der Waals surface area contributed by atoms with Crippen LogP contribution in [0.5, 0.6) is 0 Å². The number of amides is 2. The number of hydrogen-bond acceptors (Lipinski definition) is 3. The first kappa shape index (κ1) is 17.0. The van der Waals surface area contributed by atoms with Gasteiger partial charge in [0, 0.05) is 32.2 Å². The average Bonchev–Trinajstić information content (AvgIpc) is 2.51. The topological polar surface area (TPSA) is 58.6 Å². The van der Waals surface area contributed by atoms with Gasteiger partial charge in [0.15, 0.2) is 0 Å². The highest BCUT2D eigenvalue weighted by Gasteiger charge is 2.38. The van der Waals surface area contributed by atoms with Gasteiger partial charge in [-0.05, 0) is 26.2 Å². The van der Waals surface area contributed by atoms with E-state index in [1.54, 1.807) is 7.11 Å². The lowest BCUT2D eigenvalue weighted by Crippen LogP contribution is -2.52. The molecule has 1 aliphatic rings. The van der Waals surface area contributed by atoms with E-state index in [2.05, 4.69) is 5.32 Å². The van der Waals surface area contributed by atoms with Gasteiger partial charge in [0.05, 0.1) is 0 Å². The van der Waals surface area contributed by atoms with Crippen molar-refractivity contribution in [3.8, 4) is 0 Å². The van der Waals surface area contributed by atoms with Crippen molar-refractivity contribution in [2.24, 2.45) is 5.92 Å². The molecule has 20 heavy (non-hydrogen) atoms. The van der Waals surface area contributed by atoms with Crippen LogP contribution < -0.4 is 5.32 Å². The number of rotatable bonds is 6. The van der Waals surface area contributed by atoms with Crippen LogP contribution >= 0.6 is 0 Å². The number of carbonyl (C=O) groups is 2. The number of carbonyl (C=O) groups excluding carboxylic acids is 2. The molecule has 0 spiro atoms. The second-order valence-corrected chi connectivity index (χ2v) is 5.86. The predicted octanol–water partition coefficient (Wildman–Crippen LogP) is 1.56. The van der Waals surface area contributed by atoms with Gasteiger partial charge < -0.3 is 15.0 Å². The van der Waals surface area contributed by atoms with E-state index in [1.807, 2.05) is 32.6 Å². The Morgan fingerprint density at radius 3 is 2.60 bits per heavy atom. The molecule has 1 aliphatic heterocycles. The van der Waals surface area contributed by atoms with Gasteiger partial charge in [-0.25, -0.2) is 0 Å². The first-order valence-corrected chi connectivity index (χ1v) is 7.52. The molecule has 0 aliphatic carbocycles. The fourth-order valence-corrected chi connectivity index (χ4v) is 2.74. The largest absolute Gasteiger partial charge is 0.385 e. The van der Waals surface area contributed by atoms with Crippen molar-refractivity contribution in [2.75, 3.05) is 13.7 Å². The highest BCUT2D eigenvalue weighted by Crippen LogP contribution is 2.21. The van der Waals surface area contributed by atoms with Gasteiger partial charge in [-0.3, -0.25) is 9.59 Å². The van der Waals surface area contributed by atoms with Gasteiger partial charge in [-0.15, -0.1) is 0 Å². The highest BCUT2D eigenvalue weighted by atomic mass is 16.5. The Labute approximate surface area is 122 Å². The molecule has 0 radical (unpaired) electrons. The molecule has 1 saturated heterocycles. The second kappa shape index (κ2) is 7.62. The Bertz CT molecular complexity index is 346. The first-order chi connectivity index (χ1) is 9.42. The van der Waals surface area contributed by atoms with E-state index < -0.39 is 6.04 Å². The summed E-state index contributed by atoms with van der Waals surface area (Å²) in [5.41, 5.74) is 0. The van der Waals surface area contributed by atoms with Crippen LogP contribution in [0, 0.1) is 5.92 Å². The van der Waals surface area contributed by atoms with E-state index in [9.17, 15) is 9.59 Å². The summed E-state index contributed by atoms with van der Waals surface area (Å²) in [4.78, 5) is 26.6. The molecular weight excluding hydrogens is 256 g/mol. The van der Waals surface area contributed by atoms with Crippen LogP contribution in [-0.4, -0.2) is 48.6 Å². The second-order valence-electron chi connectivity index (χ2n) is 5.86. The van der Waals surface area contributed by atoms with Crippen LogP contribution in [0.15, 0.2) is 0 Å². The molecule has 0 aromatic rings. The smallest absolute Gasteiger partial charge is 0.245 e. The number of methoxy groups -OCH3 is 1. The van der Waals surface area contributed by atoms with Crippen LogP contribution in [0.2, 0.25) is 0 Å². The molecule has 0 saturated carbocycles. The fraction of sp³-hybridized carbons (Fsp3) is 0.867. The quantitative estimate of drug-likeness (QED) is 0.805. The third-order valence-electron chi connectivity index (χ3n) is 4.22. The number of nitrogens with zero attached hydrogens (tertiary/aromatic N) is 1. The summed E-state index contributed by atoms with van der Waals surface area (Å²) in [6.07, 6.45) is 2.02. The van der Waals surface area contributed by atoms with Crippen LogP contribution in [0.1, 0.15) is 47.0 Å². The van der Waals surface area contributed by atoms with E-state index in [0.29, 0.717) is 13.0 Å². The van der Waals surface area contributed by atoms with Crippen molar-refractivity contribution in [3.05, 3.63) is 0 Å². The summed E-state index contributed by atoms with van der Waals surface area (Å²) >= 11 is 0. The third-order valence-corrected chi connectivity index (χ3v) is 4.22. The van der Waals surface area contributed by atoms with E-state index in [1.165, 1.54) is 0 Å². The summed E-state index contributed by atoms with van der Waals surface area (Å²) in [5.74, 6) is 0.160. The zero-order valence-corrected chi connectivity index (χ0v) is 13.3. The van der Waals surface area contributed by atoms with Crippen molar-refractivity contribution < 1.29 is 14.3 Å². The first-order valence-electron chi connectivity index (χ1n) is 7.52. The number of hydrogen-bond donors (Lipinski definition) is 1. The molecule has 4 unspecified atom stereocenters. The van der Waals surface area contributed by atoms with Crippen molar-refractivity contribution >= 4 is 11.8 Å². The lowest BCUT2D eigenvalue weighted by atomic mass is 9.97. The highest BCUT2D eigenvalue weighted by molar-refractivity contribution is 5.90. The fourth-order valence-electron chi connectivity index (χ4n) is 2.74. The van der Waals surface area contributed by atoms with Crippen LogP contribution in [0.3, 0.4) is 0 Å². The van der Waals surface area contributed by atoms with Crippen molar-refractivity contribution in [3.63, 3.8) is 0 Å². The Balaban J connectivity index is 2.93. The minimum atomic E-state index is -0.401. The van der Waals surface area contributed by atoms with E-state index >= 15 is 0 Å². The van der Waals surface area contributed by atoms with Gasteiger partial charge in [0.25, 0.3) is 0 Å². The van der Waals surface area contributed by atoms with Gasteiger partial charge in [-0.2, -0.15) is 0 Å². The Morgan fingerprint density at radius 1 is 1.40 bits per heavy atom. The van der Waals surface area contributed by atoms with Crippen LogP contribution in [0.25, 0.3) is 0 Å². The lowest BCUT2D eigenvalue weighted by Gasteiger charge is -2.35. The number of nitrogens with one attached hydrogen (secondary N) is 1. The monoisotopic (exact) mass is 284 g/mol. The Hall–Kier alpha value is -1.10. The maximum Gasteiger partial charge on any atom is 0.245 e. The zero-order valence-electron chi connectivity index (χ0n) is 13.3. The summed E-state index contributed by atoms with van der Waals surface area (Å²) in [6, 6.07) is -0.387. The normalized spacial score (nSPS) is 26.9. The zero-order chi connectivity index (χ0) is 15.3. The molecule has 2 amide bonds. The van der Waals surface area contributed by atoms with Gasteiger partial charge in [-0.1, -0.05) is 20.3 Å². The number of ether oxygens (including phenoxy) is 1. The SMILES string of the molecule is CCC(C)C1NC(=O)CC(C)N(C(C)CCOC)C1=O. The summed E-state index contributed by atoms with van der Waals surface area (Å²) in [5, 5.41) is 2.89. The predicted molar refractivity (Wildman–Crippen MR) is 78.3 cm³/mol. The van der Waals surface area contributed by atoms with E-state index in [4.69, 9.17) is 4.74 Å². The summed E-state index contributed by atoms with van der Waals surface area (Å²) in [6.45, 7) is 8.64. The van der Waals surface area contributed by atoms with Crippen molar-refractivity contribution in [1.82, 2.24) is 10.2 Å². The standard InChI is InChI=1S/C15H28N2O3/c1-6-10(2)14-15(19)17(11(3)7-8-20-5)12(4)9-13(18)16-14/h10-12,14H,6-9H2,1-5H3,(H,16,18). The summed E-state index contributed by atoms with van der Waals surface area (Å²) in [7, 11) is 1.66. The maximum absolute atomic E-state index is 12.8. The molecule has 0 aromatic heterocycles. The van der Waals surface area contributed by atoms with Crippen LogP contribution in [-0.2, 0) is 14.3 Å². The van der Waals surface area contributed by atoms with Gasteiger partial charge >= 0.3 is 0 Å². The summed E-state index contributed by atoms with van der Waals surface area (Å²) < 4.78 is 5.10. The van der Waals surface area contributed by atoms with Crippen LogP contribution in [0.4, 0.5) is 0 Å². The molecular formula is C15H28N2O3. The third kappa shape index (κ3) is 3.95. The molecule has 116 valence electrons. The van der Waals surface area contributed by atoms with Crippen molar-refractivity contribution in [1.29, 1.82) is 0 Å². The molecule has 1 N–H and O–H groups in total. The lowest BCUT2D eigenvalue weighted by molar-refractivity contribution is -0.138. The molecule has 5 nitrogen and oxygen atoms in total. The Morgan fingerprint density at radius 2 is 2.05 bits per heavy atom. The average molecular weight is 284 g/mol. The molecule has 0 aromatic carbocycles. The molecule has 1 rings (SSSR count). The Kier molecular flexibility index (Phi) is 6.46. The van der Waals surface area contributed by atoms with E-state index in [-0.39, 0.29) is 29.8 Å². The molecule has 1 heterocycles. The minimum absolute atomic E-state index is 0.0300. The molecule has 4 atom stereocenters.